The zero-order chi connectivity index (χ0) is 17.6. The van der Waals surface area contributed by atoms with Gasteiger partial charge in [-0.1, -0.05) is 23.7 Å². The van der Waals surface area contributed by atoms with Gasteiger partial charge in [-0.05, 0) is 36.4 Å². The molecule has 3 aromatic rings. The summed E-state index contributed by atoms with van der Waals surface area (Å²) in [6.07, 6.45) is 0.432. The van der Waals surface area contributed by atoms with Gasteiger partial charge in [0.1, 0.15) is 5.75 Å². The van der Waals surface area contributed by atoms with Gasteiger partial charge in [-0.15, -0.1) is 10.2 Å². The van der Waals surface area contributed by atoms with Crippen LogP contribution >= 0.6 is 11.6 Å². The summed E-state index contributed by atoms with van der Waals surface area (Å²) in [5.74, 6) is 1.31. The summed E-state index contributed by atoms with van der Waals surface area (Å²) < 4.78 is 10.9. The van der Waals surface area contributed by atoms with E-state index >= 15 is 0 Å². The molecule has 1 N–H and O–H groups in total. The fourth-order valence-corrected chi connectivity index (χ4v) is 2.40. The van der Waals surface area contributed by atoms with Crippen molar-refractivity contribution < 1.29 is 13.9 Å². The van der Waals surface area contributed by atoms with Crippen LogP contribution < -0.4 is 10.1 Å². The van der Waals surface area contributed by atoms with Gasteiger partial charge in [0.05, 0.1) is 12.7 Å². The summed E-state index contributed by atoms with van der Waals surface area (Å²) in [5.41, 5.74) is 1.28. The number of hydrogen-bond acceptors (Lipinski definition) is 5. The zero-order valence-corrected chi connectivity index (χ0v) is 14.3. The van der Waals surface area contributed by atoms with Crippen LogP contribution in [0.2, 0.25) is 5.02 Å². The van der Waals surface area contributed by atoms with Crippen molar-refractivity contribution in [3.8, 4) is 17.2 Å². The maximum absolute atomic E-state index is 12.0. The van der Waals surface area contributed by atoms with Gasteiger partial charge < -0.3 is 14.5 Å². The van der Waals surface area contributed by atoms with E-state index in [1.807, 2.05) is 24.3 Å². The van der Waals surface area contributed by atoms with Crippen molar-refractivity contribution in [3.05, 3.63) is 65.0 Å². The van der Waals surface area contributed by atoms with Gasteiger partial charge in [-0.2, -0.15) is 0 Å². The number of carbonyl (C=O) groups is 1. The van der Waals surface area contributed by atoms with Gasteiger partial charge in [0.25, 0.3) is 11.8 Å². The Hall–Kier alpha value is -2.86. The minimum atomic E-state index is -0.180. The van der Waals surface area contributed by atoms with Crippen molar-refractivity contribution >= 4 is 17.5 Å². The van der Waals surface area contributed by atoms with Crippen LogP contribution in [0.5, 0.6) is 5.75 Å². The first kappa shape index (κ1) is 17.0. The fraction of sp³-hybridized carbons (Fsp3) is 0.167. The molecule has 1 heterocycles. The number of halogens is 1. The van der Waals surface area contributed by atoms with Crippen LogP contribution in [0.4, 0.5) is 0 Å². The second-order valence-corrected chi connectivity index (χ2v) is 5.65. The Balaban J connectivity index is 1.59. The molecular weight excluding hydrogens is 342 g/mol. The lowest BCUT2D eigenvalue weighted by Gasteiger charge is -2.04. The van der Waals surface area contributed by atoms with E-state index in [0.717, 1.165) is 5.56 Å². The Morgan fingerprint density at radius 1 is 1.16 bits per heavy atom. The number of rotatable bonds is 6. The van der Waals surface area contributed by atoms with Crippen LogP contribution in [-0.2, 0) is 6.42 Å². The van der Waals surface area contributed by atoms with Gasteiger partial charge in [0, 0.05) is 23.6 Å². The van der Waals surface area contributed by atoms with E-state index in [2.05, 4.69) is 15.5 Å². The van der Waals surface area contributed by atoms with E-state index in [1.165, 1.54) is 0 Å². The third-order valence-electron chi connectivity index (χ3n) is 3.54. The number of nitrogens with one attached hydrogen (secondary N) is 1. The second-order valence-electron chi connectivity index (χ2n) is 5.21. The molecule has 128 valence electrons. The summed E-state index contributed by atoms with van der Waals surface area (Å²) in [5, 5.41) is 11.4. The van der Waals surface area contributed by atoms with Crippen LogP contribution in [0.15, 0.2) is 52.9 Å². The maximum Gasteiger partial charge on any atom is 0.251 e. The van der Waals surface area contributed by atoms with E-state index in [-0.39, 0.29) is 5.91 Å². The molecule has 0 fully saturated rings. The third-order valence-corrected chi connectivity index (χ3v) is 3.79. The topological polar surface area (TPSA) is 77.3 Å². The molecular formula is C18H16ClN3O3. The number of carbonyl (C=O) groups excluding carboxylic acids is 1. The van der Waals surface area contributed by atoms with Gasteiger partial charge in [0.2, 0.25) is 5.89 Å². The smallest absolute Gasteiger partial charge is 0.251 e. The van der Waals surface area contributed by atoms with Crippen LogP contribution in [0.1, 0.15) is 16.2 Å². The fourth-order valence-electron chi connectivity index (χ4n) is 2.27. The Bertz CT molecular complexity index is 862. The second kappa shape index (κ2) is 7.81. The highest BCUT2D eigenvalue weighted by Gasteiger charge is 2.13. The lowest BCUT2D eigenvalue weighted by Crippen LogP contribution is -2.25. The molecule has 6 nitrogen and oxygen atoms in total. The molecule has 0 unspecified atom stereocenters. The lowest BCUT2D eigenvalue weighted by atomic mass is 10.2. The van der Waals surface area contributed by atoms with E-state index in [0.29, 0.717) is 41.1 Å². The molecule has 0 spiro atoms. The van der Waals surface area contributed by atoms with Crippen molar-refractivity contribution in [1.29, 1.82) is 0 Å². The van der Waals surface area contributed by atoms with Crippen molar-refractivity contribution in [2.75, 3.05) is 13.7 Å². The third kappa shape index (κ3) is 4.16. The minimum Gasteiger partial charge on any atom is -0.496 e. The number of ether oxygens (including phenoxy) is 1. The number of aromatic nitrogens is 2. The molecule has 0 aliphatic heterocycles. The molecule has 1 aromatic heterocycles. The van der Waals surface area contributed by atoms with Crippen LogP contribution in [-0.4, -0.2) is 29.8 Å². The summed E-state index contributed by atoms with van der Waals surface area (Å²) >= 11 is 5.81. The highest BCUT2D eigenvalue weighted by molar-refractivity contribution is 6.30. The molecule has 0 aliphatic rings. The average molecular weight is 358 g/mol. The number of methoxy groups -OCH3 is 1. The van der Waals surface area contributed by atoms with Crippen LogP contribution in [0, 0.1) is 0 Å². The zero-order valence-electron chi connectivity index (χ0n) is 13.5. The Morgan fingerprint density at radius 2 is 1.92 bits per heavy atom. The predicted molar refractivity (Wildman–Crippen MR) is 93.8 cm³/mol. The monoisotopic (exact) mass is 357 g/mol. The molecule has 3 rings (SSSR count). The molecule has 7 heteroatoms. The first-order valence-corrected chi connectivity index (χ1v) is 8.04. The van der Waals surface area contributed by atoms with Gasteiger partial charge >= 0.3 is 0 Å². The average Bonchev–Trinajstić information content (AvgIpc) is 3.11. The van der Waals surface area contributed by atoms with Crippen LogP contribution in [0.3, 0.4) is 0 Å². The molecule has 0 atom stereocenters. The van der Waals surface area contributed by atoms with Crippen molar-refractivity contribution in [2.24, 2.45) is 0 Å². The molecule has 1 amide bonds. The first-order valence-electron chi connectivity index (χ1n) is 7.67. The number of nitrogens with zero attached hydrogens (tertiary/aromatic N) is 2. The minimum absolute atomic E-state index is 0.180. The number of amides is 1. The summed E-state index contributed by atoms with van der Waals surface area (Å²) in [4.78, 5) is 12.0. The summed E-state index contributed by atoms with van der Waals surface area (Å²) in [6, 6.07) is 14.1. The van der Waals surface area contributed by atoms with Crippen LogP contribution in [0.25, 0.3) is 11.5 Å². The first-order chi connectivity index (χ1) is 12.2. The molecule has 0 aliphatic carbocycles. The maximum atomic E-state index is 12.0. The van der Waals surface area contributed by atoms with Gasteiger partial charge in [-0.25, -0.2) is 0 Å². The molecule has 2 aromatic carbocycles. The lowest BCUT2D eigenvalue weighted by molar-refractivity contribution is 0.0953. The quantitative estimate of drug-likeness (QED) is 0.731. The van der Waals surface area contributed by atoms with Crippen molar-refractivity contribution in [3.63, 3.8) is 0 Å². The molecule has 0 bridgehead atoms. The highest BCUT2D eigenvalue weighted by Crippen LogP contribution is 2.28. The SMILES string of the molecule is COc1ccccc1-c1nnc(CCNC(=O)c2ccc(Cl)cc2)o1. The number of para-hydroxylation sites is 1. The largest absolute Gasteiger partial charge is 0.496 e. The molecule has 0 radical (unpaired) electrons. The number of benzene rings is 2. The highest BCUT2D eigenvalue weighted by atomic mass is 35.5. The predicted octanol–water partition coefficient (Wildman–Crippen LogP) is 3.37. The normalized spacial score (nSPS) is 10.5. The van der Waals surface area contributed by atoms with Gasteiger partial charge in [-0.3, -0.25) is 4.79 Å². The Morgan fingerprint density at radius 3 is 2.68 bits per heavy atom. The number of hydrogen-bond donors (Lipinski definition) is 1. The molecule has 25 heavy (non-hydrogen) atoms. The van der Waals surface area contributed by atoms with E-state index in [1.54, 1.807) is 31.4 Å². The van der Waals surface area contributed by atoms with Crippen molar-refractivity contribution in [1.82, 2.24) is 15.5 Å². The molecule has 0 saturated carbocycles. The summed E-state index contributed by atoms with van der Waals surface area (Å²) in [7, 11) is 1.59. The van der Waals surface area contributed by atoms with E-state index in [4.69, 9.17) is 20.8 Å². The van der Waals surface area contributed by atoms with E-state index < -0.39 is 0 Å². The van der Waals surface area contributed by atoms with Gasteiger partial charge in [0.15, 0.2) is 0 Å². The van der Waals surface area contributed by atoms with Crippen molar-refractivity contribution in [2.45, 2.75) is 6.42 Å². The Kier molecular flexibility index (Phi) is 5.30. The summed E-state index contributed by atoms with van der Waals surface area (Å²) in [6.45, 7) is 0.384. The molecule has 0 saturated heterocycles. The Labute approximate surface area is 149 Å². The standard InChI is InChI=1S/C18H16ClN3O3/c1-24-15-5-3-2-4-14(15)18-22-21-16(25-18)10-11-20-17(23)12-6-8-13(19)9-7-12/h2-9H,10-11H2,1H3,(H,20,23). The van der Waals surface area contributed by atoms with E-state index in [9.17, 15) is 4.79 Å².